The Labute approximate surface area is 92.4 Å². The summed E-state index contributed by atoms with van der Waals surface area (Å²) in [7, 11) is 0. The SMILES string of the molecule is O=C(CCl)c1ncc(Br)cc1[N+](=O)[O-]. The van der Waals surface area contributed by atoms with Crippen molar-refractivity contribution in [2.75, 3.05) is 5.88 Å². The maximum atomic E-state index is 11.1. The second-order valence-corrected chi connectivity index (χ2v) is 3.52. The number of alkyl halides is 1. The number of rotatable bonds is 3. The Balaban J connectivity index is 3.28. The van der Waals surface area contributed by atoms with E-state index >= 15 is 0 Å². The van der Waals surface area contributed by atoms with E-state index in [-0.39, 0.29) is 17.3 Å². The van der Waals surface area contributed by atoms with E-state index in [4.69, 9.17) is 11.6 Å². The van der Waals surface area contributed by atoms with Crippen molar-refractivity contribution < 1.29 is 9.72 Å². The number of carbonyl (C=O) groups excluding carboxylic acids is 1. The van der Waals surface area contributed by atoms with Crippen LogP contribution in [-0.4, -0.2) is 21.6 Å². The number of ketones is 1. The van der Waals surface area contributed by atoms with Gasteiger partial charge in [-0.05, 0) is 15.9 Å². The van der Waals surface area contributed by atoms with Gasteiger partial charge in [-0.2, -0.15) is 0 Å². The molecule has 0 aliphatic heterocycles. The number of hydrogen-bond acceptors (Lipinski definition) is 4. The van der Waals surface area contributed by atoms with Gasteiger partial charge in [-0.15, -0.1) is 11.6 Å². The molecular formula is C7H4BrClN2O3. The number of pyridine rings is 1. The van der Waals surface area contributed by atoms with Crippen molar-refractivity contribution >= 4 is 39.0 Å². The van der Waals surface area contributed by atoms with Crippen molar-refractivity contribution in [2.24, 2.45) is 0 Å². The molecule has 1 rings (SSSR count). The summed E-state index contributed by atoms with van der Waals surface area (Å²) in [6.45, 7) is 0. The zero-order valence-electron chi connectivity index (χ0n) is 6.74. The van der Waals surface area contributed by atoms with Crippen LogP contribution in [0.3, 0.4) is 0 Å². The summed E-state index contributed by atoms with van der Waals surface area (Å²) in [6.07, 6.45) is 1.31. The highest BCUT2D eigenvalue weighted by Crippen LogP contribution is 2.21. The standard InChI is InChI=1S/C7H4BrClN2O3/c8-4-1-5(11(13)14)7(10-3-4)6(12)2-9/h1,3H,2H2. The predicted molar refractivity (Wildman–Crippen MR) is 53.6 cm³/mol. The fourth-order valence-corrected chi connectivity index (χ4v) is 1.29. The Hall–Kier alpha value is -1.01. The van der Waals surface area contributed by atoms with E-state index in [1.165, 1.54) is 12.3 Å². The molecule has 0 saturated carbocycles. The number of aromatic nitrogens is 1. The molecule has 7 heteroatoms. The van der Waals surface area contributed by atoms with Crippen LogP contribution in [0.25, 0.3) is 0 Å². The number of nitro groups is 1. The van der Waals surface area contributed by atoms with Crippen LogP contribution in [0.15, 0.2) is 16.7 Å². The van der Waals surface area contributed by atoms with Crippen LogP contribution in [0.2, 0.25) is 0 Å². The number of nitrogens with zero attached hydrogens (tertiary/aromatic N) is 2. The lowest BCUT2D eigenvalue weighted by Crippen LogP contribution is -2.07. The Morgan fingerprint density at radius 1 is 1.71 bits per heavy atom. The number of hydrogen-bond donors (Lipinski definition) is 0. The highest BCUT2D eigenvalue weighted by atomic mass is 79.9. The molecule has 0 N–H and O–H groups in total. The van der Waals surface area contributed by atoms with Crippen LogP contribution in [-0.2, 0) is 0 Å². The molecular weight excluding hydrogens is 275 g/mol. The molecule has 1 heterocycles. The first kappa shape index (κ1) is 11.1. The quantitative estimate of drug-likeness (QED) is 0.368. The Morgan fingerprint density at radius 2 is 2.36 bits per heavy atom. The van der Waals surface area contributed by atoms with Crippen LogP contribution in [0, 0.1) is 10.1 Å². The topological polar surface area (TPSA) is 73.1 Å². The van der Waals surface area contributed by atoms with Crippen molar-refractivity contribution in [1.29, 1.82) is 0 Å². The molecule has 5 nitrogen and oxygen atoms in total. The third-order valence-electron chi connectivity index (χ3n) is 1.42. The minimum Gasteiger partial charge on any atom is -0.291 e. The van der Waals surface area contributed by atoms with Crippen LogP contribution >= 0.6 is 27.5 Å². The second-order valence-electron chi connectivity index (χ2n) is 2.34. The van der Waals surface area contributed by atoms with Gasteiger partial charge in [-0.1, -0.05) is 0 Å². The van der Waals surface area contributed by atoms with E-state index in [9.17, 15) is 14.9 Å². The van der Waals surface area contributed by atoms with E-state index in [2.05, 4.69) is 20.9 Å². The molecule has 0 radical (unpaired) electrons. The summed E-state index contributed by atoms with van der Waals surface area (Å²) in [5.74, 6) is -0.888. The highest BCUT2D eigenvalue weighted by Gasteiger charge is 2.21. The molecule has 14 heavy (non-hydrogen) atoms. The molecule has 0 spiro atoms. The maximum absolute atomic E-state index is 11.1. The van der Waals surface area contributed by atoms with E-state index < -0.39 is 10.7 Å². The van der Waals surface area contributed by atoms with Gasteiger partial charge in [-0.3, -0.25) is 14.9 Å². The first-order valence-electron chi connectivity index (χ1n) is 3.45. The molecule has 0 bridgehead atoms. The average molecular weight is 279 g/mol. The number of carbonyl (C=O) groups is 1. The van der Waals surface area contributed by atoms with E-state index in [0.29, 0.717) is 4.47 Å². The van der Waals surface area contributed by atoms with E-state index in [1.807, 2.05) is 0 Å². The van der Waals surface area contributed by atoms with Gasteiger partial charge in [0.25, 0.3) is 5.69 Å². The average Bonchev–Trinajstić information content (AvgIpc) is 2.16. The summed E-state index contributed by atoms with van der Waals surface area (Å²) in [6, 6.07) is 1.22. The first-order chi connectivity index (χ1) is 6.56. The lowest BCUT2D eigenvalue weighted by Gasteiger charge is -1.98. The van der Waals surface area contributed by atoms with Crippen LogP contribution < -0.4 is 0 Å². The minimum absolute atomic E-state index is 0.215. The van der Waals surface area contributed by atoms with Gasteiger partial charge in [0.15, 0.2) is 5.69 Å². The van der Waals surface area contributed by atoms with Crippen molar-refractivity contribution in [1.82, 2.24) is 4.98 Å². The van der Waals surface area contributed by atoms with E-state index in [0.717, 1.165) is 0 Å². The largest absolute Gasteiger partial charge is 0.299 e. The van der Waals surface area contributed by atoms with Gasteiger partial charge in [0, 0.05) is 16.7 Å². The third kappa shape index (κ3) is 2.27. The number of Topliss-reactive ketones (excluding diaryl/α,β-unsaturated/α-hetero) is 1. The molecule has 1 aromatic rings. The second kappa shape index (κ2) is 4.47. The van der Waals surface area contributed by atoms with Gasteiger partial charge in [-0.25, -0.2) is 4.98 Å². The molecule has 0 unspecified atom stereocenters. The Morgan fingerprint density at radius 3 is 2.86 bits per heavy atom. The normalized spacial score (nSPS) is 9.86. The lowest BCUT2D eigenvalue weighted by molar-refractivity contribution is -0.385. The number of halogens is 2. The smallest absolute Gasteiger partial charge is 0.291 e. The van der Waals surface area contributed by atoms with Crippen molar-refractivity contribution in [3.8, 4) is 0 Å². The monoisotopic (exact) mass is 278 g/mol. The molecule has 0 aromatic carbocycles. The first-order valence-corrected chi connectivity index (χ1v) is 4.78. The Kier molecular flexibility index (Phi) is 3.54. The van der Waals surface area contributed by atoms with Crippen molar-refractivity contribution in [2.45, 2.75) is 0 Å². The highest BCUT2D eigenvalue weighted by molar-refractivity contribution is 9.10. The summed E-state index contributed by atoms with van der Waals surface area (Å²) in [5.41, 5.74) is -0.557. The summed E-state index contributed by atoms with van der Waals surface area (Å²) in [4.78, 5) is 24.7. The van der Waals surface area contributed by atoms with Crippen LogP contribution in [0.1, 0.15) is 10.5 Å². The van der Waals surface area contributed by atoms with E-state index in [1.54, 1.807) is 0 Å². The third-order valence-corrected chi connectivity index (χ3v) is 2.09. The zero-order valence-corrected chi connectivity index (χ0v) is 9.08. The zero-order chi connectivity index (χ0) is 10.7. The molecule has 0 aliphatic rings. The van der Waals surface area contributed by atoms with Crippen molar-refractivity contribution in [3.05, 3.63) is 32.5 Å². The maximum Gasteiger partial charge on any atom is 0.299 e. The van der Waals surface area contributed by atoms with Gasteiger partial charge in [0.05, 0.1) is 10.8 Å². The molecule has 0 saturated heterocycles. The molecule has 0 atom stereocenters. The lowest BCUT2D eigenvalue weighted by atomic mass is 10.2. The summed E-state index contributed by atoms with van der Waals surface area (Å²) < 4.78 is 0.440. The summed E-state index contributed by atoms with van der Waals surface area (Å²) in [5, 5.41) is 10.5. The molecule has 0 amide bonds. The fraction of sp³-hybridized carbons (Fsp3) is 0.143. The molecule has 0 fully saturated rings. The molecule has 1 aromatic heterocycles. The molecule has 74 valence electrons. The van der Waals surface area contributed by atoms with Crippen LogP contribution in [0.5, 0.6) is 0 Å². The van der Waals surface area contributed by atoms with Gasteiger partial charge < -0.3 is 0 Å². The van der Waals surface area contributed by atoms with Crippen LogP contribution in [0.4, 0.5) is 5.69 Å². The summed E-state index contributed by atoms with van der Waals surface area (Å²) >= 11 is 8.30. The van der Waals surface area contributed by atoms with Crippen molar-refractivity contribution in [3.63, 3.8) is 0 Å². The minimum atomic E-state index is -0.669. The van der Waals surface area contributed by atoms with Gasteiger partial charge >= 0.3 is 0 Å². The Bertz CT molecular complexity index is 397. The van der Waals surface area contributed by atoms with Gasteiger partial charge in [0.2, 0.25) is 5.78 Å². The predicted octanol–water partition coefficient (Wildman–Crippen LogP) is 2.17. The molecule has 0 aliphatic carbocycles. The van der Waals surface area contributed by atoms with Gasteiger partial charge in [0.1, 0.15) is 0 Å². The fourth-order valence-electron chi connectivity index (χ4n) is 0.846.